The molecule has 0 unspecified atom stereocenters. The number of nitrogens with zero attached hydrogens (tertiary/aromatic N) is 1. The van der Waals surface area contributed by atoms with Gasteiger partial charge in [0.25, 0.3) is 0 Å². The summed E-state index contributed by atoms with van der Waals surface area (Å²) in [6.07, 6.45) is 0. The monoisotopic (exact) mass is 472 g/mol. The van der Waals surface area contributed by atoms with Gasteiger partial charge in [-0.2, -0.15) is 0 Å². The molecule has 0 fully saturated rings. The molecular weight excluding hydrogens is 442 g/mol. The number of benzene rings is 5. The molecule has 0 spiro atoms. The van der Waals surface area contributed by atoms with Crippen molar-refractivity contribution in [2.75, 3.05) is 4.90 Å². The quantitative estimate of drug-likeness (QED) is 0.214. The van der Waals surface area contributed by atoms with E-state index < -0.39 is 0 Å². The molecule has 0 amide bonds. The lowest BCUT2D eigenvalue weighted by Crippen LogP contribution is -2.11. The minimum Gasteiger partial charge on any atom is -0.310 e. The summed E-state index contributed by atoms with van der Waals surface area (Å²) in [6.45, 7) is 4.27. The maximum atomic E-state index is 2.35. The van der Waals surface area contributed by atoms with E-state index in [0.29, 0.717) is 0 Å². The van der Waals surface area contributed by atoms with Crippen molar-refractivity contribution in [3.63, 3.8) is 0 Å². The van der Waals surface area contributed by atoms with Crippen LogP contribution in [0.5, 0.6) is 0 Å². The first-order chi connectivity index (χ1) is 17.2. The Bertz CT molecular complexity index is 1280. The zero-order valence-corrected chi connectivity index (χ0v) is 21.1. The molecule has 0 aliphatic rings. The van der Waals surface area contributed by atoms with Crippen LogP contribution in [0.1, 0.15) is 16.7 Å². The van der Waals surface area contributed by atoms with Crippen molar-refractivity contribution in [3.05, 3.63) is 150 Å². The Labute approximate surface area is 212 Å². The lowest BCUT2D eigenvalue weighted by molar-refractivity contribution is 1.24. The van der Waals surface area contributed by atoms with E-state index in [4.69, 9.17) is 0 Å². The number of anilines is 3. The molecule has 1 nitrogen and oxygen atoms in total. The van der Waals surface area contributed by atoms with Gasteiger partial charge in [-0.1, -0.05) is 83.9 Å². The fourth-order valence-electron chi connectivity index (χ4n) is 4.26. The Kier molecular flexibility index (Phi) is 7.02. The lowest BCUT2D eigenvalue weighted by Gasteiger charge is -2.26. The second-order valence-electron chi connectivity index (χ2n) is 8.84. The first-order valence-electron chi connectivity index (χ1n) is 12.0. The van der Waals surface area contributed by atoms with Crippen LogP contribution in [-0.4, -0.2) is 0 Å². The summed E-state index contributed by atoms with van der Waals surface area (Å²) in [5.41, 5.74) is 7.38. The van der Waals surface area contributed by atoms with Crippen LogP contribution < -0.4 is 4.90 Å². The van der Waals surface area contributed by atoms with Crippen LogP contribution in [0.25, 0.3) is 0 Å². The highest BCUT2D eigenvalue weighted by Crippen LogP contribution is 2.36. The highest BCUT2D eigenvalue weighted by atomic mass is 32.2. The van der Waals surface area contributed by atoms with E-state index in [1.165, 1.54) is 43.5 Å². The van der Waals surface area contributed by atoms with Crippen LogP contribution in [0.15, 0.2) is 143 Å². The molecule has 0 heterocycles. The zero-order chi connectivity index (χ0) is 24.0. The highest BCUT2D eigenvalue weighted by molar-refractivity contribution is 7.96. The maximum absolute atomic E-state index is 2.35. The van der Waals surface area contributed by atoms with Crippen molar-refractivity contribution >= 4 is 28.0 Å². The second-order valence-corrected chi connectivity index (χ2v) is 10.9. The van der Waals surface area contributed by atoms with Gasteiger partial charge in [-0.15, -0.1) is 0 Å². The fraction of sp³-hybridized carbons (Fsp3) is 0.0909. The molecule has 5 rings (SSSR count). The van der Waals surface area contributed by atoms with Gasteiger partial charge in [0.05, 0.1) is 10.9 Å². The van der Waals surface area contributed by atoms with E-state index in [1.807, 2.05) is 0 Å². The van der Waals surface area contributed by atoms with Gasteiger partial charge in [-0.05, 0) is 74.5 Å². The molecule has 0 saturated heterocycles. The van der Waals surface area contributed by atoms with E-state index in [0.717, 1.165) is 5.75 Å². The van der Waals surface area contributed by atoms with Crippen LogP contribution in [0.4, 0.5) is 17.1 Å². The van der Waals surface area contributed by atoms with Gasteiger partial charge >= 0.3 is 0 Å². The van der Waals surface area contributed by atoms with Crippen LogP contribution in [0, 0.1) is 13.8 Å². The molecule has 0 aromatic heterocycles. The molecule has 0 saturated carbocycles. The number of rotatable bonds is 7. The summed E-state index contributed by atoms with van der Waals surface area (Å²) in [5, 5.41) is 0. The smallest absolute Gasteiger partial charge is 0.161 e. The topological polar surface area (TPSA) is 3.24 Å². The van der Waals surface area contributed by atoms with Gasteiger partial charge in [0.1, 0.15) is 5.75 Å². The summed E-state index contributed by atoms with van der Waals surface area (Å²) in [5.74, 6) is 0.970. The first-order valence-corrected chi connectivity index (χ1v) is 13.4. The van der Waals surface area contributed by atoms with E-state index in [2.05, 4.69) is 152 Å². The van der Waals surface area contributed by atoms with Crippen molar-refractivity contribution in [1.29, 1.82) is 0 Å². The van der Waals surface area contributed by atoms with Crippen LogP contribution in [-0.2, 0) is 16.6 Å². The minimum atomic E-state index is -0.0374. The molecule has 0 aliphatic heterocycles. The standard InChI is InChI=1S/C33H30NS/c1-26-16-20-29(21-17-26)34(30-22-18-27(2)19-23-30)31-11-9-10-28(24-31)25-35(32-12-5-3-6-13-32)33-14-7-4-8-15-33/h3-24H,25H2,1-2H3/q+1. The van der Waals surface area contributed by atoms with Gasteiger partial charge < -0.3 is 4.90 Å². The van der Waals surface area contributed by atoms with Gasteiger partial charge in [-0.25, -0.2) is 0 Å². The van der Waals surface area contributed by atoms with Gasteiger partial charge in [0.15, 0.2) is 9.79 Å². The van der Waals surface area contributed by atoms with E-state index in [1.54, 1.807) is 0 Å². The van der Waals surface area contributed by atoms with E-state index >= 15 is 0 Å². The Balaban J connectivity index is 1.54. The molecule has 0 radical (unpaired) electrons. The van der Waals surface area contributed by atoms with E-state index in [-0.39, 0.29) is 10.9 Å². The normalized spacial score (nSPS) is 10.9. The summed E-state index contributed by atoms with van der Waals surface area (Å²) >= 11 is 0. The number of hydrogen-bond donors (Lipinski definition) is 0. The Morgan fingerprint density at radius 2 is 0.971 bits per heavy atom. The van der Waals surface area contributed by atoms with Crippen LogP contribution in [0.3, 0.4) is 0 Å². The predicted octanol–water partition coefficient (Wildman–Crippen LogP) is 9.01. The molecule has 5 aromatic rings. The Hall–Kier alpha value is -3.75. The van der Waals surface area contributed by atoms with Crippen LogP contribution >= 0.6 is 0 Å². The highest BCUT2D eigenvalue weighted by Gasteiger charge is 2.26. The van der Waals surface area contributed by atoms with Crippen molar-refractivity contribution < 1.29 is 0 Å². The molecule has 0 aliphatic carbocycles. The zero-order valence-electron chi connectivity index (χ0n) is 20.3. The molecule has 0 N–H and O–H groups in total. The van der Waals surface area contributed by atoms with Crippen molar-refractivity contribution in [3.8, 4) is 0 Å². The summed E-state index contributed by atoms with van der Waals surface area (Å²) < 4.78 is 0. The summed E-state index contributed by atoms with van der Waals surface area (Å²) in [7, 11) is -0.0374. The third-order valence-electron chi connectivity index (χ3n) is 6.12. The lowest BCUT2D eigenvalue weighted by atomic mass is 10.1. The van der Waals surface area contributed by atoms with Crippen molar-refractivity contribution in [1.82, 2.24) is 0 Å². The van der Waals surface area contributed by atoms with Gasteiger partial charge in [0, 0.05) is 22.6 Å². The molecule has 0 atom stereocenters. The second kappa shape index (κ2) is 10.7. The van der Waals surface area contributed by atoms with E-state index in [9.17, 15) is 0 Å². The maximum Gasteiger partial charge on any atom is 0.161 e. The van der Waals surface area contributed by atoms with Crippen molar-refractivity contribution in [2.24, 2.45) is 0 Å². The van der Waals surface area contributed by atoms with Crippen molar-refractivity contribution in [2.45, 2.75) is 29.4 Å². The molecule has 0 bridgehead atoms. The summed E-state index contributed by atoms with van der Waals surface area (Å²) in [6, 6.07) is 48.4. The number of hydrogen-bond acceptors (Lipinski definition) is 1. The van der Waals surface area contributed by atoms with Crippen LogP contribution in [0.2, 0.25) is 0 Å². The van der Waals surface area contributed by atoms with Gasteiger partial charge in [-0.3, -0.25) is 0 Å². The Morgan fingerprint density at radius 3 is 1.46 bits per heavy atom. The third kappa shape index (κ3) is 5.50. The minimum absolute atomic E-state index is 0.0374. The SMILES string of the molecule is Cc1ccc(N(c2ccc(C)cc2)c2cccc(C[S+](c3ccccc3)c3ccccc3)c2)cc1. The molecule has 2 heteroatoms. The predicted molar refractivity (Wildman–Crippen MR) is 151 cm³/mol. The third-order valence-corrected chi connectivity index (χ3v) is 8.42. The fourth-order valence-corrected chi connectivity index (χ4v) is 6.35. The average Bonchev–Trinajstić information content (AvgIpc) is 2.91. The molecule has 172 valence electrons. The van der Waals surface area contributed by atoms with Gasteiger partial charge in [0.2, 0.25) is 0 Å². The summed E-state index contributed by atoms with van der Waals surface area (Å²) in [4.78, 5) is 5.10. The molecule has 5 aromatic carbocycles. The molecule has 35 heavy (non-hydrogen) atoms. The first kappa shape index (κ1) is 23.0. The largest absolute Gasteiger partial charge is 0.310 e. The average molecular weight is 473 g/mol. The molecular formula is C33H30NS+. The number of aryl methyl sites for hydroxylation is 2. The Morgan fingerprint density at radius 1 is 0.486 bits per heavy atom.